The van der Waals surface area contributed by atoms with Gasteiger partial charge in [-0.3, -0.25) is 9.78 Å². The molecule has 0 aliphatic carbocycles. The van der Waals surface area contributed by atoms with Crippen LogP contribution in [0.1, 0.15) is 36.7 Å². The van der Waals surface area contributed by atoms with Crippen LogP contribution in [0.4, 0.5) is 15.8 Å². The topological polar surface area (TPSA) is 108 Å². The predicted molar refractivity (Wildman–Crippen MR) is 129 cm³/mol. The Kier molecular flexibility index (Phi) is 6.02. The molecule has 9 heteroatoms. The number of nitrogens with one attached hydrogen (secondary N) is 1. The number of pyridine rings is 1. The predicted octanol–water partition coefficient (Wildman–Crippen LogP) is 4.61. The highest BCUT2D eigenvalue weighted by atomic mass is 19.1. The number of carbonyl (C=O) groups is 1. The molecule has 2 aromatic heterocycles. The zero-order valence-corrected chi connectivity index (χ0v) is 19.3. The summed E-state index contributed by atoms with van der Waals surface area (Å²) in [6.45, 7) is 6.14. The summed E-state index contributed by atoms with van der Waals surface area (Å²) >= 11 is 0. The van der Waals surface area contributed by atoms with Crippen molar-refractivity contribution in [2.45, 2.75) is 26.2 Å². The van der Waals surface area contributed by atoms with Crippen LogP contribution in [0.2, 0.25) is 0 Å². The van der Waals surface area contributed by atoms with E-state index in [1.165, 1.54) is 30.0 Å². The van der Waals surface area contributed by atoms with Crippen LogP contribution >= 0.6 is 0 Å². The Morgan fingerprint density at radius 3 is 2.65 bits per heavy atom. The van der Waals surface area contributed by atoms with Crippen LogP contribution in [-0.2, 0) is 5.41 Å². The average molecular weight is 461 g/mol. The van der Waals surface area contributed by atoms with Crippen LogP contribution in [0.25, 0.3) is 16.9 Å². The largest absolute Gasteiger partial charge is 0.492 e. The lowest BCUT2D eigenvalue weighted by Gasteiger charge is -2.22. The van der Waals surface area contributed by atoms with Gasteiger partial charge in [0.25, 0.3) is 5.91 Å². The van der Waals surface area contributed by atoms with Crippen LogP contribution < -0.4 is 15.8 Å². The van der Waals surface area contributed by atoms with Gasteiger partial charge in [0.15, 0.2) is 5.75 Å². The quantitative estimate of drug-likeness (QED) is 0.421. The van der Waals surface area contributed by atoms with E-state index >= 15 is 0 Å². The Morgan fingerprint density at radius 1 is 1.18 bits per heavy atom. The fourth-order valence-corrected chi connectivity index (χ4v) is 3.46. The van der Waals surface area contributed by atoms with Crippen molar-refractivity contribution >= 4 is 17.3 Å². The van der Waals surface area contributed by atoms with Gasteiger partial charge in [-0.1, -0.05) is 26.0 Å². The minimum atomic E-state index is -0.546. The van der Waals surface area contributed by atoms with Crippen molar-refractivity contribution in [2.24, 2.45) is 0 Å². The minimum absolute atomic E-state index is 0.0882. The Hall–Kier alpha value is -4.27. The molecule has 0 aliphatic heterocycles. The summed E-state index contributed by atoms with van der Waals surface area (Å²) in [4.78, 5) is 17.1. The van der Waals surface area contributed by atoms with Crippen LogP contribution in [-0.4, -0.2) is 33.0 Å². The standard InChI is InChI=1S/C25H25FN6O2/c1-25(2,3)17-11-19(27)23(34-4)20(12-17)29-24(33)15-7-8-18(26)22(10-15)32-14-21(30-31-32)16-6-5-9-28-13-16/h5-14H,27H2,1-4H3,(H,29,33). The normalized spacial score (nSPS) is 11.3. The zero-order valence-electron chi connectivity index (χ0n) is 19.3. The second-order valence-corrected chi connectivity index (χ2v) is 8.81. The molecule has 0 saturated carbocycles. The highest BCUT2D eigenvalue weighted by Crippen LogP contribution is 2.37. The van der Waals surface area contributed by atoms with Gasteiger partial charge in [0, 0.05) is 23.5 Å². The number of nitrogens with two attached hydrogens (primary N) is 1. The van der Waals surface area contributed by atoms with Crippen molar-refractivity contribution in [3.63, 3.8) is 0 Å². The number of hydrogen-bond donors (Lipinski definition) is 2. The third-order valence-electron chi connectivity index (χ3n) is 5.34. The molecule has 174 valence electrons. The molecular formula is C25H25FN6O2. The Labute approximate surface area is 196 Å². The first kappa shape index (κ1) is 22.9. The summed E-state index contributed by atoms with van der Waals surface area (Å²) < 4.78 is 21.3. The maximum atomic E-state index is 14.6. The van der Waals surface area contributed by atoms with Gasteiger partial charge in [-0.15, -0.1) is 5.10 Å². The lowest BCUT2D eigenvalue weighted by atomic mass is 9.86. The van der Waals surface area contributed by atoms with E-state index in [1.54, 1.807) is 24.7 Å². The highest BCUT2D eigenvalue weighted by Gasteiger charge is 2.21. The molecule has 0 aliphatic rings. The first-order valence-corrected chi connectivity index (χ1v) is 10.6. The molecule has 0 bridgehead atoms. The van der Waals surface area contributed by atoms with E-state index in [0.29, 0.717) is 22.8 Å². The molecule has 2 aromatic carbocycles. The summed E-state index contributed by atoms with van der Waals surface area (Å²) in [6, 6.07) is 11.3. The average Bonchev–Trinajstić information content (AvgIpc) is 3.29. The molecule has 0 unspecified atom stereocenters. The first-order valence-electron chi connectivity index (χ1n) is 10.6. The molecule has 0 atom stereocenters. The van der Waals surface area contributed by atoms with E-state index in [0.717, 1.165) is 11.1 Å². The molecular weight excluding hydrogens is 435 g/mol. The van der Waals surface area contributed by atoms with E-state index in [4.69, 9.17) is 10.5 Å². The van der Waals surface area contributed by atoms with E-state index in [-0.39, 0.29) is 16.7 Å². The number of nitrogen functional groups attached to an aromatic ring is 1. The SMILES string of the molecule is COc1c(N)cc(C(C)(C)C)cc1NC(=O)c1ccc(F)c(-n2cc(-c3cccnc3)nn2)c1. The maximum absolute atomic E-state index is 14.6. The molecule has 34 heavy (non-hydrogen) atoms. The number of anilines is 2. The Balaban J connectivity index is 1.66. The second kappa shape index (κ2) is 8.93. The molecule has 8 nitrogen and oxygen atoms in total. The summed E-state index contributed by atoms with van der Waals surface area (Å²) in [6.07, 6.45) is 4.86. The summed E-state index contributed by atoms with van der Waals surface area (Å²) in [7, 11) is 1.48. The van der Waals surface area contributed by atoms with Crippen molar-refractivity contribution in [1.82, 2.24) is 20.0 Å². The number of rotatable bonds is 5. The van der Waals surface area contributed by atoms with Crippen molar-refractivity contribution in [1.29, 1.82) is 0 Å². The van der Waals surface area contributed by atoms with E-state index in [2.05, 4.69) is 20.6 Å². The van der Waals surface area contributed by atoms with Crippen LogP contribution in [0.5, 0.6) is 5.75 Å². The van der Waals surface area contributed by atoms with E-state index < -0.39 is 11.7 Å². The fourth-order valence-electron chi connectivity index (χ4n) is 3.46. The van der Waals surface area contributed by atoms with Gasteiger partial charge in [-0.25, -0.2) is 9.07 Å². The number of ether oxygens (including phenoxy) is 1. The summed E-state index contributed by atoms with van der Waals surface area (Å²) in [5.41, 5.74) is 9.35. The number of methoxy groups -OCH3 is 1. The Bertz CT molecular complexity index is 1350. The lowest BCUT2D eigenvalue weighted by molar-refractivity contribution is 0.102. The van der Waals surface area contributed by atoms with Gasteiger partial charge in [-0.2, -0.15) is 0 Å². The molecule has 3 N–H and O–H groups in total. The van der Waals surface area contributed by atoms with Gasteiger partial charge in [0.05, 0.1) is 24.7 Å². The second-order valence-electron chi connectivity index (χ2n) is 8.81. The van der Waals surface area contributed by atoms with Gasteiger partial charge in [0.1, 0.15) is 17.2 Å². The van der Waals surface area contributed by atoms with Crippen molar-refractivity contribution in [3.05, 3.63) is 78.0 Å². The fraction of sp³-hybridized carbons (Fsp3) is 0.200. The van der Waals surface area contributed by atoms with E-state index in [9.17, 15) is 9.18 Å². The Morgan fingerprint density at radius 2 is 1.97 bits per heavy atom. The van der Waals surface area contributed by atoms with Crippen LogP contribution in [0.15, 0.2) is 61.1 Å². The van der Waals surface area contributed by atoms with Crippen LogP contribution in [0, 0.1) is 5.82 Å². The zero-order chi connectivity index (χ0) is 24.5. The van der Waals surface area contributed by atoms with Crippen molar-refractivity contribution in [2.75, 3.05) is 18.2 Å². The van der Waals surface area contributed by atoms with Crippen LogP contribution in [0.3, 0.4) is 0 Å². The molecule has 0 fully saturated rings. The van der Waals surface area contributed by atoms with E-state index in [1.807, 2.05) is 39.0 Å². The monoisotopic (exact) mass is 460 g/mol. The molecule has 1 amide bonds. The first-order chi connectivity index (χ1) is 16.2. The summed E-state index contributed by atoms with van der Waals surface area (Å²) in [5, 5.41) is 10.9. The number of carbonyl (C=O) groups excluding carboxylic acids is 1. The van der Waals surface area contributed by atoms with Crippen molar-refractivity contribution in [3.8, 4) is 22.7 Å². The van der Waals surface area contributed by atoms with Gasteiger partial charge in [-0.05, 0) is 53.4 Å². The van der Waals surface area contributed by atoms with Gasteiger partial charge >= 0.3 is 0 Å². The lowest BCUT2D eigenvalue weighted by Crippen LogP contribution is -2.17. The number of nitrogens with zero attached hydrogens (tertiary/aromatic N) is 4. The minimum Gasteiger partial charge on any atom is -0.492 e. The smallest absolute Gasteiger partial charge is 0.255 e. The third kappa shape index (κ3) is 4.59. The number of amides is 1. The highest BCUT2D eigenvalue weighted by molar-refractivity contribution is 6.06. The third-order valence-corrected chi connectivity index (χ3v) is 5.34. The molecule has 2 heterocycles. The molecule has 0 radical (unpaired) electrons. The molecule has 4 aromatic rings. The molecule has 0 spiro atoms. The number of aromatic nitrogens is 4. The molecule has 0 saturated heterocycles. The van der Waals surface area contributed by atoms with Crippen molar-refractivity contribution < 1.29 is 13.9 Å². The number of hydrogen-bond acceptors (Lipinski definition) is 6. The number of benzene rings is 2. The van der Waals surface area contributed by atoms with Gasteiger partial charge in [0.2, 0.25) is 0 Å². The number of halogens is 1. The summed E-state index contributed by atoms with van der Waals surface area (Å²) in [5.74, 6) is -0.630. The van der Waals surface area contributed by atoms with Gasteiger partial charge < -0.3 is 15.8 Å². The maximum Gasteiger partial charge on any atom is 0.255 e. The molecule has 4 rings (SSSR count).